The minimum atomic E-state index is -0.0237. The number of esters is 1. The van der Waals surface area contributed by atoms with Crippen LogP contribution < -0.4 is 5.32 Å². The summed E-state index contributed by atoms with van der Waals surface area (Å²) in [6, 6.07) is 0. The van der Waals surface area contributed by atoms with Crippen molar-refractivity contribution in [2.24, 2.45) is 11.8 Å². The van der Waals surface area contributed by atoms with Crippen LogP contribution in [0.1, 0.15) is 39.5 Å². The standard InChI is InChI=1S/C12H23NO2/c1-10(2)5-7-15-12(14)8-11-4-3-6-13-9-11/h10-11,13H,3-9H2,1-2H3. The van der Waals surface area contributed by atoms with Crippen molar-refractivity contribution in [3.05, 3.63) is 0 Å². The van der Waals surface area contributed by atoms with E-state index >= 15 is 0 Å². The maximum Gasteiger partial charge on any atom is 0.306 e. The van der Waals surface area contributed by atoms with Gasteiger partial charge in [0, 0.05) is 6.42 Å². The van der Waals surface area contributed by atoms with Gasteiger partial charge in [0.2, 0.25) is 0 Å². The molecule has 88 valence electrons. The second-order valence-electron chi connectivity index (χ2n) is 4.82. The van der Waals surface area contributed by atoms with E-state index in [4.69, 9.17) is 4.74 Å². The third-order valence-corrected chi connectivity index (χ3v) is 2.81. The first-order chi connectivity index (χ1) is 7.18. The Bertz CT molecular complexity index is 186. The lowest BCUT2D eigenvalue weighted by Crippen LogP contribution is -2.31. The monoisotopic (exact) mass is 213 g/mol. The van der Waals surface area contributed by atoms with Crippen LogP contribution in [0, 0.1) is 11.8 Å². The molecule has 1 fully saturated rings. The van der Waals surface area contributed by atoms with Crippen LogP contribution in [-0.2, 0) is 9.53 Å². The van der Waals surface area contributed by atoms with Gasteiger partial charge in [0.25, 0.3) is 0 Å². The summed E-state index contributed by atoms with van der Waals surface area (Å²) in [5, 5.41) is 3.31. The Morgan fingerprint density at radius 2 is 2.33 bits per heavy atom. The smallest absolute Gasteiger partial charge is 0.306 e. The van der Waals surface area contributed by atoms with Gasteiger partial charge in [-0.2, -0.15) is 0 Å². The highest BCUT2D eigenvalue weighted by molar-refractivity contribution is 5.69. The molecular formula is C12H23NO2. The van der Waals surface area contributed by atoms with E-state index in [0.29, 0.717) is 24.9 Å². The van der Waals surface area contributed by atoms with Gasteiger partial charge in [0.15, 0.2) is 0 Å². The second-order valence-corrected chi connectivity index (χ2v) is 4.82. The van der Waals surface area contributed by atoms with Gasteiger partial charge in [-0.15, -0.1) is 0 Å². The van der Waals surface area contributed by atoms with Crippen molar-refractivity contribution in [1.29, 1.82) is 0 Å². The molecule has 1 rings (SSSR count). The molecule has 1 unspecified atom stereocenters. The van der Waals surface area contributed by atoms with Crippen LogP contribution in [-0.4, -0.2) is 25.7 Å². The summed E-state index contributed by atoms with van der Waals surface area (Å²) in [7, 11) is 0. The van der Waals surface area contributed by atoms with Crippen LogP contribution in [0.3, 0.4) is 0 Å². The third kappa shape index (κ3) is 5.78. The highest BCUT2D eigenvalue weighted by Gasteiger charge is 2.17. The highest BCUT2D eigenvalue weighted by atomic mass is 16.5. The molecule has 0 radical (unpaired) electrons. The molecule has 1 saturated heterocycles. The van der Waals surface area contributed by atoms with Crippen LogP contribution in [0.4, 0.5) is 0 Å². The molecule has 3 nitrogen and oxygen atoms in total. The van der Waals surface area contributed by atoms with E-state index in [-0.39, 0.29) is 5.97 Å². The Kier molecular flexibility index (Phi) is 5.69. The van der Waals surface area contributed by atoms with Gasteiger partial charge >= 0.3 is 5.97 Å². The molecule has 1 aliphatic rings. The molecule has 0 saturated carbocycles. The van der Waals surface area contributed by atoms with Crippen molar-refractivity contribution >= 4 is 5.97 Å². The SMILES string of the molecule is CC(C)CCOC(=O)CC1CCCNC1. The number of rotatable bonds is 5. The zero-order chi connectivity index (χ0) is 11.1. The molecule has 0 amide bonds. The average Bonchev–Trinajstić information content (AvgIpc) is 2.18. The topological polar surface area (TPSA) is 38.3 Å². The van der Waals surface area contributed by atoms with E-state index in [1.807, 2.05) is 0 Å². The largest absolute Gasteiger partial charge is 0.466 e. The lowest BCUT2D eigenvalue weighted by Gasteiger charge is -2.21. The van der Waals surface area contributed by atoms with Gasteiger partial charge < -0.3 is 10.1 Å². The number of nitrogens with one attached hydrogen (secondary N) is 1. The zero-order valence-electron chi connectivity index (χ0n) is 9.92. The Hall–Kier alpha value is -0.570. The lowest BCUT2D eigenvalue weighted by molar-refractivity contribution is -0.145. The molecule has 0 aliphatic carbocycles. The maximum absolute atomic E-state index is 11.4. The Balaban J connectivity index is 2.06. The molecule has 0 aromatic carbocycles. The molecule has 1 heterocycles. The van der Waals surface area contributed by atoms with Crippen molar-refractivity contribution in [3.8, 4) is 0 Å². The van der Waals surface area contributed by atoms with Gasteiger partial charge in [-0.25, -0.2) is 0 Å². The van der Waals surface area contributed by atoms with Gasteiger partial charge in [-0.1, -0.05) is 13.8 Å². The number of carbonyl (C=O) groups is 1. The summed E-state index contributed by atoms with van der Waals surface area (Å²) in [5.74, 6) is 1.07. The van der Waals surface area contributed by atoms with Gasteiger partial charge in [0.1, 0.15) is 0 Å². The lowest BCUT2D eigenvalue weighted by atomic mass is 9.96. The minimum absolute atomic E-state index is 0.0237. The number of piperidine rings is 1. The van der Waals surface area contributed by atoms with E-state index in [9.17, 15) is 4.79 Å². The molecule has 0 aromatic heterocycles. The summed E-state index contributed by atoms with van der Waals surface area (Å²) < 4.78 is 5.19. The number of carbonyl (C=O) groups excluding carboxylic acids is 1. The van der Waals surface area contributed by atoms with Crippen LogP contribution in [0.5, 0.6) is 0 Å². The normalized spacial score (nSPS) is 21.7. The maximum atomic E-state index is 11.4. The fraction of sp³-hybridized carbons (Fsp3) is 0.917. The molecule has 0 aromatic rings. The number of hydrogen-bond acceptors (Lipinski definition) is 3. The van der Waals surface area contributed by atoms with Crippen molar-refractivity contribution < 1.29 is 9.53 Å². The van der Waals surface area contributed by atoms with Gasteiger partial charge in [-0.3, -0.25) is 4.79 Å². The highest BCUT2D eigenvalue weighted by Crippen LogP contribution is 2.14. The van der Waals surface area contributed by atoms with Crippen LogP contribution in [0.2, 0.25) is 0 Å². The fourth-order valence-electron chi connectivity index (χ4n) is 1.80. The Labute approximate surface area is 92.6 Å². The third-order valence-electron chi connectivity index (χ3n) is 2.81. The number of ether oxygens (including phenoxy) is 1. The quantitative estimate of drug-likeness (QED) is 0.710. The Morgan fingerprint density at radius 3 is 2.93 bits per heavy atom. The van der Waals surface area contributed by atoms with E-state index in [2.05, 4.69) is 19.2 Å². The van der Waals surface area contributed by atoms with Crippen LogP contribution in [0.25, 0.3) is 0 Å². The molecule has 0 bridgehead atoms. The fourth-order valence-corrected chi connectivity index (χ4v) is 1.80. The van der Waals surface area contributed by atoms with Crippen molar-refractivity contribution in [2.75, 3.05) is 19.7 Å². The molecule has 1 atom stereocenters. The van der Waals surface area contributed by atoms with E-state index < -0.39 is 0 Å². The second kappa shape index (κ2) is 6.83. The minimum Gasteiger partial charge on any atom is -0.466 e. The first kappa shape index (κ1) is 12.5. The van der Waals surface area contributed by atoms with E-state index in [1.54, 1.807) is 0 Å². The molecule has 3 heteroatoms. The molecule has 1 aliphatic heterocycles. The van der Waals surface area contributed by atoms with Crippen molar-refractivity contribution in [2.45, 2.75) is 39.5 Å². The average molecular weight is 213 g/mol. The summed E-state index contributed by atoms with van der Waals surface area (Å²) in [6.07, 6.45) is 3.90. The van der Waals surface area contributed by atoms with Crippen molar-refractivity contribution in [1.82, 2.24) is 5.32 Å². The van der Waals surface area contributed by atoms with Gasteiger partial charge in [-0.05, 0) is 44.2 Å². The molecular weight excluding hydrogens is 190 g/mol. The van der Waals surface area contributed by atoms with Gasteiger partial charge in [0.05, 0.1) is 6.61 Å². The zero-order valence-corrected chi connectivity index (χ0v) is 9.92. The van der Waals surface area contributed by atoms with Crippen LogP contribution in [0.15, 0.2) is 0 Å². The van der Waals surface area contributed by atoms with E-state index in [0.717, 1.165) is 25.9 Å². The number of hydrogen-bond donors (Lipinski definition) is 1. The molecule has 1 N–H and O–H groups in total. The molecule has 0 spiro atoms. The van der Waals surface area contributed by atoms with Crippen molar-refractivity contribution in [3.63, 3.8) is 0 Å². The summed E-state index contributed by atoms with van der Waals surface area (Å²) >= 11 is 0. The summed E-state index contributed by atoms with van der Waals surface area (Å²) in [6.45, 7) is 6.92. The predicted octanol–water partition coefficient (Wildman–Crippen LogP) is 1.97. The first-order valence-electron chi connectivity index (χ1n) is 6.05. The predicted molar refractivity (Wildman–Crippen MR) is 60.6 cm³/mol. The summed E-state index contributed by atoms with van der Waals surface area (Å²) in [5.41, 5.74) is 0. The summed E-state index contributed by atoms with van der Waals surface area (Å²) in [4.78, 5) is 11.4. The van der Waals surface area contributed by atoms with Crippen LogP contribution >= 0.6 is 0 Å². The Morgan fingerprint density at radius 1 is 1.53 bits per heavy atom. The molecule has 15 heavy (non-hydrogen) atoms. The van der Waals surface area contributed by atoms with E-state index in [1.165, 1.54) is 6.42 Å². The first-order valence-corrected chi connectivity index (χ1v) is 6.05.